The van der Waals surface area contributed by atoms with Gasteiger partial charge in [-0.3, -0.25) is 4.79 Å². The fourth-order valence-corrected chi connectivity index (χ4v) is 3.41. The van der Waals surface area contributed by atoms with Gasteiger partial charge in [0.15, 0.2) is 0 Å². The van der Waals surface area contributed by atoms with Gasteiger partial charge in [0.05, 0.1) is 18.2 Å². The molecule has 0 radical (unpaired) electrons. The molecule has 0 saturated carbocycles. The van der Waals surface area contributed by atoms with E-state index in [1.54, 1.807) is 4.90 Å². The van der Waals surface area contributed by atoms with Crippen LogP contribution in [0.2, 0.25) is 0 Å². The molecule has 3 heterocycles. The number of carbonyl (C=O) groups excluding carboxylic acids is 1. The van der Waals surface area contributed by atoms with E-state index in [0.717, 1.165) is 27.9 Å². The van der Waals surface area contributed by atoms with E-state index in [2.05, 4.69) is 12.1 Å². The first-order valence-corrected chi connectivity index (χ1v) is 7.81. The van der Waals surface area contributed by atoms with Crippen molar-refractivity contribution in [3.8, 4) is 11.1 Å². The maximum absolute atomic E-state index is 12.8. The van der Waals surface area contributed by atoms with Crippen molar-refractivity contribution in [3.63, 3.8) is 0 Å². The van der Waals surface area contributed by atoms with Crippen LogP contribution in [0, 0.1) is 0 Å². The largest absolute Gasteiger partial charge is 0.394 e. The summed E-state index contributed by atoms with van der Waals surface area (Å²) in [6.07, 6.45) is 1.94. The van der Waals surface area contributed by atoms with E-state index in [1.807, 2.05) is 53.9 Å². The lowest BCUT2D eigenvalue weighted by molar-refractivity contribution is 0.0638. The normalized spacial score (nSPS) is 15.2. The summed E-state index contributed by atoms with van der Waals surface area (Å²) in [7, 11) is 0. The van der Waals surface area contributed by atoms with E-state index in [1.165, 1.54) is 0 Å². The molecule has 0 spiro atoms. The lowest BCUT2D eigenvalue weighted by Crippen LogP contribution is -2.36. The minimum Gasteiger partial charge on any atom is -0.394 e. The molecule has 1 N–H and O–H groups in total. The van der Waals surface area contributed by atoms with Crippen molar-refractivity contribution in [1.82, 2.24) is 9.30 Å². The molecule has 3 aromatic rings. The number of benzene rings is 1. The van der Waals surface area contributed by atoms with Crippen LogP contribution in [0.3, 0.4) is 0 Å². The molecule has 1 aliphatic heterocycles. The molecule has 4 nitrogen and oxygen atoms in total. The molecule has 2 aromatic heterocycles. The summed E-state index contributed by atoms with van der Waals surface area (Å²) < 4.78 is 1.98. The topological polar surface area (TPSA) is 45.0 Å². The molecular weight excluding hydrogens is 288 g/mol. The van der Waals surface area contributed by atoms with Crippen LogP contribution >= 0.6 is 0 Å². The summed E-state index contributed by atoms with van der Waals surface area (Å²) in [5.41, 5.74) is 5.05. The molecule has 1 atom stereocenters. The number of nitrogens with zero attached hydrogens (tertiary/aromatic N) is 2. The number of aromatic nitrogens is 1. The van der Waals surface area contributed by atoms with Gasteiger partial charge in [-0.2, -0.15) is 0 Å². The van der Waals surface area contributed by atoms with Crippen LogP contribution in [0.5, 0.6) is 0 Å². The van der Waals surface area contributed by atoms with Gasteiger partial charge in [0.1, 0.15) is 5.69 Å². The Kier molecular flexibility index (Phi) is 3.20. The van der Waals surface area contributed by atoms with E-state index in [-0.39, 0.29) is 18.6 Å². The van der Waals surface area contributed by atoms with E-state index < -0.39 is 0 Å². The van der Waals surface area contributed by atoms with Crippen LogP contribution in [0.1, 0.15) is 23.0 Å². The van der Waals surface area contributed by atoms with E-state index in [9.17, 15) is 9.90 Å². The maximum Gasteiger partial charge on any atom is 0.271 e. The lowest BCUT2D eigenvalue weighted by Gasteiger charge is -2.22. The first kappa shape index (κ1) is 14.0. The number of aliphatic hydroxyl groups is 1. The number of rotatable bonds is 3. The lowest BCUT2D eigenvalue weighted by atomic mass is 10.0. The molecule has 23 heavy (non-hydrogen) atoms. The first-order chi connectivity index (χ1) is 11.2. The molecule has 0 fully saturated rings. The Balaban J connectivity index is 1.98. The fraction of sp³-hybridized carbons (Fsp3) is 0.211. The zero-order valence-electron chi connectivity index (χ0n) is 12.9. The van der Waals surface area contributed by atoms with Gasteiger partial charge in [-0.05, 0) is 24.6 Å². The van der Waals surface area contributed by atoms with Crippen molar-refractivity contribution >= 4 is 11.4 Å². The number of hydrogen-bond donors (Lipinski definition) is 1. The maximum atomic E-state index is 12.8. The molecule has 4 rings (SSSR count). The highest BCUT2D eigenvalue weighted by atomic mass is 16.3. The molecule has 1 unspecified atom stereocenters. The van der Waals surface area contributed by atoms with Crippen molar-refractivity contribution in [3.05, 3.63) is 66.0 Å². The van der Waals surface area contributed by atoms with Crippen LogP contribution in [-0.2, 0) is 6.54 Å². The highest BCUT2D eigenvalue weighted by Crippen LogP contribution is 2.38. The zero-order chi connectivity index (χ0) is 16.0. The zero-order valence-corrected chi connectivity index (χ0v) is 12.9. The van der Waals surface area contributed by atoms with Crippen LogP contribution < -0.4 is 0 Å². The third-order valence-corrected chi connectivity index (χ3v) is 4.60. The second-order valence-corrected chi connectivity index (χ2v) is 5.99. The third kappa shape index (κ3) is 1.99. The predicted molar refractivity (Wildman–Crippen MR) is 89.3 cm³/mol. The van der Waals surface area contributed by atoms with E-state index in [4.69, 9.17) is 0 Å². The molecule has 116 valence electrons. The minimum absolute atomic E-state index is 0.00932. The van der Waals surface area contributed by atoms with Gasteiger partial charge in [-0.1, -0.05) is 36.4 Å². The monoisotopic (exact) mass is 306 g/mol. The van der Waals surface area contributed by atoms with Crippen LogP contribution in [0.25, 0.3) is 16.6 Å². The average molecular weight is 306 g/mol. The van der Waals surface area contributed by atoms with Crippen molar-refractivity contribution in [1.29, 1.82) is 0 Å². The van der Waals surface area contributed by atoms with Crippen LogP contribution in [0.15, 0.2) is 54.7 Å². The summed E-state index contributed by atoms with van der Waals surface area (Å²) in [6, 6.07) is 16.0. The van der Waals surface area contributed by atoms with Gasteiger partial charge in [0, 0.05) is 23.9 Å². The molecule has 1 aliphatic rings. The van der Waals surface area contributed by atoms with Gasteiger partial charge < -0.3 is 14.4 Å². The van der Waals surface area contributed by atoms with Crippen molar-refractivity contribution in [2.24, 2.45) is 0 Å². The Bertz CT molecular complexity index is 883. The Labute approximate surface area is 134 Å². The molecule has 0 bridgehead atoms. The van der Waals surface area contributed by atoms with Gasteiger partial charge in [0.2, 0.25) is 0 Å². The van der Waals surface area contributed by atoms with Crippen molar-refractivity contribution in [2.75, 3.05) is 6.61 Å². The molecular formula is C19H18N2O2. The van der Waals surface area contributed by atoms with Crippen molar-refractivity contribution < 1.29 is 9.90 Å². The van der Waals surface area contributed by atoms with Crippen molar-refractivity contribution in [2.45, 2.75) is 19.5 Å². The molecule has 0 aliphatic carbocycles. The van der Waals surface area contributed by atoms with Gasteiger partial charge in [0.25, 0.3) is 5.91 Å². The summed E-state index contributed by atoms with van der Waals surface area (Å²) in [6.45, 7) is 2.39. The Morgan fingerprint density at radius 3 is 2.61 bits per heavy atom. The first-order valence-electron chi connectivity index (χ1n) is 7.81. The van der Waals surface area contributed by atoms with E-state index in [0.29, 0.717) is 6.54 Å². The number of amides is 1. The third-order valence-electron chi connectivity index (χ3n) is 4.60. The number of aliphatic hydroxyl groups excluding tert-OH is 1. The number of carbonyl (C=O) groups is 1. The van der Waals surface area contributed by atoms with Gasteiger partial charge in [-0.25, -0.2) is 0 Å². The second kappa shape index (κ2) is 5.25. The number of pyridine rings is 1. The summed E-state index contributed by atoms with van der Waals surface area (Å²) >= 11 is 0. The highest BCUT2D eigenvalue weighted by Gasteiger charge is 2.36. The quantitative estimate of drug-likeness (QED) is 0.808. The summed E-state index contributed by atoms with van der Waals surface area (Å²) in [5.74, 6) is -0.00932. The number of hydrogen-bond acceptors (Lipinski definition) is 2. The SMILES string of the molecule is CC(CO)N1Cc2c(-c3ccccc3)c3ccccn3c2C1=O. The average Bonchev–Trinajstić information content (AvgIpc) is 3.10. The fourth-order valence-electron chi connectivity index (χ4n) is 3.41. The van der Waals surface area contributed by atoms with Crippen LogP contribution in [0.4, 0.5) is 0 Å². The van der Waals surface area contributed by atoms with E-state index >= 15 is 0 Å². The highest BCUT2D eigenvalue weighted by molar-refractivity contribution is 6.03. The molecule has 0 saturated heterocycles. The smallest absolute Gasteiger partial charge is 0.271 e. The minimum atomic E-state index is -0.183. The summed E-state index contributed by atoms with van der Waals surface area (Å²) in [4.78, 5) is 14.6. The Morgan fingerprint density at radius 2 is 1.87 bits per heavy atom. The van der Waals surface area contributed by atoms with Gasteiger partial charge >= 0.3 is 0 Å². The number of fused-ring (bicyclic) bond motifs is 3. The Hall–Kier alpha value is -2.59. The molecule has 4 heteroatoms. The Morgan fingerprint density at radius 1 is 1.13 bits per heavy atom. The van der Waals surface area contributed by atoms with Crippen LogP contribution in [-0.4, -0.2) is 33.0 Å². The second-order valence-electron chi connectivity index (χ2n) is 5.99. The predicted octanol–water partition coefficient (Wildman–Crippen LogP) is 2.94. The molecule has 1 aromatic carbocycles. The standard InChI is InChI=1S/C19H18N2O2/c1-13(12-22)21-11-15-17(14-7-3-2-4-8-14)16-9-5-6-10-20(16)18(15)19(21)23/h2-10,13,22H,11-12H2,1H3. The van der Waals surface area contributed by atoms with Gasteiger partial charge in [-0.15, -0.1) is 0 Å². The molecule has 1 amide bonds. The summed E-state index contributed by atoms with van der Waals surface area (Å²) in [5, 5.41) is 9.43.